The van der Waals surface area contributed by atoms with Gasteiger partial charge in [-0.25, -0.2) is 0 Å². The fourth-order valence-electron chi connectivity index (χ4n) is 2.11. The molecule has 0 unspecified atom stereocenters. The van der Waals surface area contributed by atoms with Crippen molar-refractivity contribution < 1.29 is 0 Å². The summed E-state index contributed by atoms with van der Waals surface area (Å²) >= 11 is 3.48. The lowest BCUT2D eigenvalue weighted by atomic mass is 10.1. The van der Waals surface area contributed by atoms with Gasteiger partial charge in [0.2, 0.25) is 0 Å². The lowest BCUT2D eigenvalue weighted by Crippen LogP contribution is -2.26. The van der Waals surface area contributed by atoms with E-state index in [2.05, 4.69) is 75.7 Å². The quantitative estimate of drug-likeness (QED) is 0.812. The lowest BCUT2D eigenvalue weighted by Gasteiger charge is -2.24. The van der Waals surface area contributed by atoms with E-state index in [1.165, 1.54) is 5.56 Å². The number of benzene rings is 1. The maximum atomic E-state index is 4.33. The molecule has 0 radical (unpaired) electrons. The summed E-state index contributed by atoms with van der Waals surface area (Å²) in [6.07, 6.45) is 0.818. The first-order valence-electron chi connectivity index (χ1n) is 6.06. The summed E-state index contributed by atoms with van der Waals surface area (Å²) in [7, 11) is 0. The Labute approximate surface area is 116 Å². The Morgan fingerprint density at radius 3 is 2.22 bits per heavy atom. The maximum Gasteiger partial charge on any atom is 0.144 e. The van der Waals surface area contributed by atoms with Crippen LogP contribution in [0.1, 0.15) is 38.0 Å². The largest absolute Gasteiger partial charge is 0.309 e. The molecular formula is C14H18BrN3. The Morgan fingerprint density at radius 2 is 1.67 bits per heavy atom. The number of rotatable bonds is 3. The smallest absolute Gasteiger partial charge is 0.144 e. The van der Waals surface area contributed by atoms with Crippen molar-refractivity contribution in [2.75, 3.05) is 0 Å². The molecule has 0 saturated heterocycles. The number of hydrogen-bond donors (Lipinski definition) is 0. The van der Waals surface area contributed by atoms with Crippen molar-refractivity contribution in [1.82, 2.24) is 14.8 Å². The van der Waals surface area contributed by atoms with Crippen molar-refractivity contribution in [3.63, 3.8) is 0 Å². The monoisotopic (exact) mass is 307 g/mol. The first-order valence-corrected chi connectivity index (χ1v) is 7.18. The Bertz CT molecular complexity index is 512. The van der Waals surface area contributed by atoms with Crippen molar-refractivity contribution >= 4 is 15.9 Å². The van der Waals surface area contributed by atoms with E-state index in [4.69, 9.17) is 0 Å². The molecule has 0 bridgehead atoms. The van der Waals surface area contributed by atoms with Gasteiger partial charge in [-0.2, -0.15) is 0 Å². The molecular weight excluding hydrogens is 290 g/mol. The molecule has 0 aliphatic heterocycles. The molecule has 0 aliphatic rings. The Kier molecular flexibility index (Phi) is 3.85. The van der Waals surface area contributed by atoms with Gasteiger partial charge in [-0.05, 0) is 26.3 Å². The molecule has 1 aromatic carbocycles. The third kappa shape index (κ3) is 2.80. The van der Waals surface area contributed by atoms with Crippen molar-refractivity contribution in [3.8, 4) is 0 Å². The molecule has 96 valence electrons. The molecule has 0 amide bonds. The van der Waals surface area contributed by atoms with Crippen molar-refractivity contribution in [2.45, 2.75) is 38.1 Å². The summed E-state index contributed by atoms with van der Waals surface area (Å²) in [4.78, 5) is 0. The molecule has 0 atom stereocenters. The highest BCUT2D eigenvalue weighted by Gasteiger charge is 2.22. The summed E-state index contributed by atoms with van der Waals surface area (Å²) in [6.45, 7) is 6.53. The van der Waals surface area contributed by atoms with Gasteiger partial charge >= 0.3 is 0 Å². The first kappa shape index (κ1) is 13.3. The van der Waals surface area contributed by atoms with Crippen LogP contribution in [0.4, 0.5) is 0 Å². The molecule has 2 aromatic rings. The highest BCUT2D eigenvalue weighted by Crippen LogP contribution is 2.21. The minimum absolute atomic E-state index is 0.00326. The van der Waals surface area contributed by atoms with Gasteiger partial charge < -0.3 is 4.57 Å². The first-order chi connectivity index (χ1) is 8.52. The van der Waals surface area contributed by atoms with Crippen LogP contribution in [0.15, 0.2) is 30.3 Å². The van der Waals surface area contributed by atoms with Gasteiger partial charge in [0.15, 0.2) is 0 Å². The standard InChI is InChI=1S/C14H18BrN3/c1-14(2,3)18-12(16-17-13(18)10-15)9-11-7-5-4-6-8-11/h4-8H,9-10H2,1-3H3. The van der Waals surface area contributed by atoms with Gasteiger partial charge in [0.1, 0.15) is 11.6 Å². The van der Waals surface area contributed by atoms with Gasteiger partial charge in [0.05, 0.1) is 5.33 Å². The van der Waals surface area contributed by atoms with Crippen LogP contribution in [-0.2, 0) is 17.3 Å². The van der Waals surface area contributed by atoms with E-state index in [-0.39, 0.29) is 5.54 Å². The van der Waals surface area contributed by atoms with Crippen LogP contribution in [0.5, 0.6) is 0 Å². The average molecular weight is 308 g/mol. The summed E-state index contributed by atoms with van der Waals surface area (Å²) < 4.78 is 2.22. The van der Waals surface area contributed by atoms with E-state index in [9.17, 15) is 0 Å². The molecule has 0 spiro atoms. The van der Waals surface area contributed by atoms with E-state index in [0.29, 0.717) is 0 Å². The molecule has 0 fully saturated rings. The molecule has 0 saturated carbocycles. The predicted octanol–water partition coefficient (Wildman–Crippen LogP) is 3.52. The Hall–Kier alpha value is -1.16. The van der Waals surface area contributed by atoms with Crippen LogP contribution < -0.4 is 0 Å². The topological polar surface area (TPSA) is 30.7 Å². The summed E-state index contributed by atoms with van der Waals surface area (Å²) in [5.74, 6) is 2.00. The SMILES string of the molecule is CC(C)(C)n1c(CBr)nnc1Cc1ccccc1. The minimum atomic E-state index is -0.00326. The second-order valence-electron chi connectivity index (χ2n) is 5.33. The van der Waals surface area contributed by atoms with E-state index in [0.717, 1.165) is 23.4 Å². The van der Waals surface area contributed by atoms with Gasteiger partial charge in [-0.15, -0.1) is 10.2 Å². The van der Waals surface area contributed by atoms with Crippen molar-refractivity contribution in [3.05, 3.63) is 47.5 Å². The lowest BCUT2D eigenvalue weighted by molar-refractivity contribution is 0.375. The number of alkyl halides is 1. The van der Waals surface area contributed by atoms with Crippen LogP contribution >= 0.6 is 15.9 Å². The van der Waals surface area contributed by atoms with Crippen LogP contribution in [0.3, 0.4) is 0 Å². The zero-order valence-corrected chi connectivity index (χ0v) is 12.6. The molecule has 1 heterocycles. The van der Waals surface area contributed by atoms with Crippen LogP contribution in [0.2, 0.25) is 0 Å². The van der Waals surface area contributed by atoms with Crippen LogP contribution in [-0.4, -0.2) is 14.8 Å². The zero-order valence-electron chi connectivity index (χ0n) is 11.0. The Morgan fingerprint density at radius 1 is 1.06 bits per heavy atom. The zero-order chi connectivity index (χ0) is 13.2. The van der Waals surface area contributed by atoms with Crippen LogP contribution in [0, 0.1) is 0 Å². The average Bonchev–Trinajstić information content (AvgIpc) is 2.73. The third-order valence-electron chi connectivity index (χ3n) is 2.79. The van der Waals surface area contributed by atoms with E-state index in [1.807, 2.05) is 6.07 Å². The minimum Gasteiger partial charge on any atom is -0.309 e. The summed E-state index contributed by atoms with van der Waals surface area (Å²) in [6, 6.07) is 10.4. The number of hydrogen-bond acceptors (Lipinski definition) is 2. The maximum absolute atomic E-state index is 4.33. The number of nitrogens with zero attached hydrogens (tertiary/aromatic N) is 3. The van der Waals surface area contributed by atoms with Crippen LogP contribution in [0.25, 0.3) is 0 Å². The van der Waals surface area contributed by atoms with Gasteiger partial charge in [-0.3, -0.25) is 0 Å². The molecule has 3 nitrogen and oxygen atoms in total. The second kappa shape index (κ2) is 5.22. The van der Waals surface area contributed by atoms with E-state index >= 15 is 0 Å². The second-order valence-corrected chi connectivity index (χ2v) is 5.90. The predicted molar refractivity (Wildman–Crippen MR) is 76.9 cm³/mol. The van der Waals surface area contributed by atoms with Crippen molar-refractivity contribution in [1.29, 1.82) is 0 Å². The van der Waals surface area contributed by atoms with Gasteiger partial charge in [-0.1, -0.05) is 46.3 Å². The number of halogens is 1. The fraction of sp³-hybridized carbons (Fsp3) is 0.429. The summed E-state index contributed by atoms with van der Waals surface area (Å²) in [5, 5.41) is 9.32. The Balaban J connectivity index is 2.37. The van der Waals surface area contributed by atoms with Gasteiger partial charge in [0.25, 0.3) is 0 Å². The molecule has 1 aromatic heterocycles. The van der Waals surface area contributed by atoms with E-state index in [1.54, 1.807) is 0 Å². The number of aromatic nitrogens is 3. The van der Waals surface area contributed by atoms with Gasteiger partial charge in [0, 0.05) is 12.0 Å². The molecule has 0 N–H and O–H groups in total. The molecule has 18 heavy (non-hydrogen) atoms. The third-order valence-corrected chi connectivity index (χ3v) is 3.29. The van der Waals surface area contributed by atoms with Crippen molar-refractivity contribution in [2.24, 2.45) is 0 Å². The highest BCUT2D eigenvalue weighted by molar-refractivity contribution is 9.08. The van der Waals surface area contributed by atoms with E-state index < -0.39 is 0 Å². The molecule has 2 rings (SSSR count). The fourth-order valence-corrected chi connectivity index (χ4v) is 2.47. The molecule has 4 heteroatoms. The molecule has 0 aliphatic carbocycles. The summed E-state index contributed by atoms with van der Waals surface area (Å²) in [5.41, 5.74) is 1.26. The normalized spacial score (nSPS) is 11.8. The highest BCUT2D eigenvalue weighted by atomic mass is 79.9.